The van der Waals surface area contributed by atoms with E-state index in [0.717, 1.165) is 18.7 Å². The summed E-state index contributed by atoms with van der Waals surface area (Å²) >= 11 is 7.32. The first kappa shape index (κ1) is 19.3. The van der Waals surface area contributed by atoms with Crippen LogP contribution in [0.1, 0.15) is 19.2 Å². The van der Waals surface area contributed by atoms with Crippen molar-refractivity contribution in [1.29, 1.82) is 0 Å². The number of nitrogens with zero attached hydrogens (tertiary/aromatic N) is 4. The lowest BCUT2D eigenvalue weighted by Gasteiger charge is -2.12. The normalized spacial score (nSPS) is 10.8. The maximum absolute atomic E-state index is 12.4. The maximum Gasteiger partial charge on any atom is 0.234 e. The Kier molecular flexibility index (Phi) is 6.41. The van der Waals surface area contributed by atoms with Gasteiger partial charge in [-0.1, -0.05) is 30.3 Å². The summed E-state index contributed by atoms with van der Waals surface area (Å²) in [5.74, 6) is 1.41. The molecule has 27 heavy (non-hydrogen) atoms. The molecule has 0 aliphatic heterocycles. The average Bonchev–Trinajstić information content (AvgIpc) is 3.30. The van der Waals surface area contributed by atoms with Gasteiger partial charge in [-0.15, -0.1) is 10.2 Å². The molecule has 0 radical (unpaired) electrons. The number of nitrogens with one attached hydrogen (secondary N) is 1. The van der Waals surface area contributed by atoms with E-state index in [1.165, 1.54) is 11.8 Å². The predicted octanol–water partition coefficient (Wildman–Crippen LogP) is 3.74. The Morgan fingerprint density at radius 3 is 2.78 bits per heavy atom. The molecule has 9 heteroatoms. The van der Waals surface area contributed by atoms with E-state index in [9.17, 15) is 4.79 Å². The quantitative estimate of drug-likeness (QED) is 0.578. The van der Waals surface area contributed by atoms with Crippen LogP contribution in [0.25, 0.3) is 0 Å². The maximum atomic E-state index is 12.4. The number of carbonyl (C=O) groups excluding carboxylic acids is 1. The molecule has 0 aliphatic rings. The highest BCUT2D eigenvalue weighted by molar-refractivity contribution is 7.99. The third kappa shape index (κ3) is 4.64. The number of rotatable bonds is 8. The second-order valence-electron chi connectivity index (χ2n) is 5.71. The lowest BCUT2D eigenvalue weighted by Crippen LogP contribution is -2.16. The Morgan fingerprint density at radius 2 is 2.07 bits per heavy atom. The Hall–Kier alpha value is -2.45. The number of benzene rings is 1. The van der Waals surface area contributed by atoms with E-state index in [4.69, 9.17) is 16.3 Å². The summed E-state index contributed by atoms with van der Waals surface area (Å²) in [7, 11) is 1.54. The van der Waals surface area contributed by atoms with Crippen LogP contribution in [0, 0.1) is 0 Å². The van der Waals surface area contributed by atoms with Gasteiger partial charge in [-0.05, 0) is 36.8 Å². The van der Waals surface area contributed by atoms with Crippen molar-refractivity contribution in [3.05, 3.63) is 53.6 Å². The molecule has 1 N–H and O–H groups in total. The monoisotopic (exact) mass is 405 g/mol. The molecule has 1 aromatic carbocycles. The molecular weight excluding hydrogens is 386 g/mol. The van der Waals surface area contributed by atoms with Gasteiger partial charge >= 0.3 is 0 Å². The molecule has 2 heterocycles. The molecule has 2 aromatic heterocycles. The number of anilines is 1. The molecule has 0 spiro atoms. The minimum atomic E-state index is -0.181. The van der Waals surface area contributed by atoms with Crippen molar-refractivity contribution in [2.75, 3.05) is 18.2 Å². The second-order valence-corrected chi connectivity index (χ2v) is 7.08. The van der Waals surface area contributed by atoms with Gasteiger partial charge in [0.1, 0.15) is 5.75 Å². The smallest absolute Gasteiger partial charge is 0.234 e. The number of ether oxygens (including phenoxy) is 1. The molecule has 0 aliphatic carbocycles. The number of aryl methyl sites for hydroxylation is 1. The van der Waals surface area contributed by atoms with E-state index in [1.54, 1.807) is 25.3 Å². The van der Waals surface area contributed by atoms with E-state index in [2.05, 4.69) is 22.4 Å². The van der Waals surface area contributed by atoms with Gasteiger partial charge in [-0.3, -0.25) is 9.47 Å². The number of aromatic nitrogens is 4. The minimum absolute atomic E-state index is 0.181. The summed E-state index contributed by atoms with van der Waals surface area (Å²) < 4.78 is 9.08. The number of halogens is 1. The lowest BCUT2D eigenvalue weighted by atomic mass is 10.3. The van der Waals surface area contributed by atoms with Crippen LogP contribution < -0.4 is 10.1 Å². The second kappa shape index (κ2) is 8.96. The third-order valence-corrected chi connectivity index (χ3v) is 4.89. The first-order valence-corrected chi connectivity index (χ1v) is 9.82. The fraction of sp³-hybridized carbons (Fsp3) is 0.278. The van der Waals surface area contributed by atoms with E-state index in [1.807, 2.05) is 33.9 Å². The van der Waals surface area contributed by atoms with Crippen LogP contribution >= 0.6 is 23.4 Å². The third-order valence-electron chi connectivity index (χ3n) is 3.74. The summed E-state index contributed by atoms with van der Waals surface area (Å²) in [4.78, 5) is 12.4. The van der Waals surface area contributed by atoms with Crippen molar-refractivity contribution in [3.63, 3.8) is 0 Å². The minimum Gasteiger partial charge on any atom is -0.495 e. The molecule has 7 nitrogen and oxygen atoms in total. The average molecular weight is 406 g/mol. The first-order chi connectivity index (χ1) is 13.1. The predicted molar refractivity (Wildman–Crippen MR) is 107 cm³/mol. The molecule has 3 rings (SSSR count). The zero-order valence-corrected chi connectivity index (χ0v) is 16.6. The van der Waals surface area contributed by atoms with Crippen molar-refractivity contribution in [2.45, 2.75) is 24.9 Å². The Morgan fingerprint density at radius 1 is 1.30 bits per heavy atom. The van der Waals surface area contributed by atoms with Crippen LogP contribution in [0.15, 0.2) is 47.9 Å². The fourth-order valence-electron chi connectivity index (χ4n) is 2.55. The SMILES string of the molecule is CCCc1nnc(SCC(=O)Nc2cc(Cl)ccc2OC)n1-n1cccc1. The summed E-state index contributed by atoms with van der Waals surface area (Å²) in [6.45, 7) is 2.09. The van der Waals surface area contributed by atoms with E-state index in [0.29, 0.717) is 21.6 Å². The van der Waals surface area contributed by atoms with Gasteiger partial charge in [0.05, 0.1) is 18.6 Å². The molecule has 0 bridgehead atoms. The van der Waals surface area contributed by atoms with Gasteiger partial charge < -0.3 is 10.1 Å². The summed E-state index contributed by atoms with van der Waals surface area (Å²) in [5, 5.41) is 12.5. The summed E-state index contributed by atoms with van der Waals surface area (Å²) in [6, 6.07) is 8.94. The molecular formula is C18H20ClN5O2S. The van der Waals surface area contributed by atoms with E-state index < -0.39 is 0 Å². The fourth-order valence-corrected chi connectivity index (χ4v) is 3.48. The molecule has 3 aromatic rings. The van der Waals surface area contributed by atoms with Gasteiger partial charge in [-0.2, -0.15) is 0 Å². The van der Waals surface area contributed by atoms with Gasteiger partial charge in [0.2, 0.25) is 11.1 Å². The Bertz CT molecular complexity index is 911. The van der Waals surface area contributed by atoms with Crippen molar-refractivity contribution in [2.24, 2.45) is 0 Å². The van der Waals surface area contributed by atoms with Crippen molar-refractivity contribution in [3.8, 4) is 5.75 Å². The van der Waals surface area contributed by atoms with Gasteiger partial charge in [0.15, 0.2) is 5.82 Å². The molecule has 0 atom stereocenters. The van der Waals surface area contributed by atoms with Crippen molar-refractivity contribution < 1.29 is 9.53 Å². The summed E-state index contributed by atoms with van der Waals surface area (Å²) in [6.07, 6.45) is 5.60. The molecule has 1 amide bonds. The Balaban J connectivity index is 1.72. The number of hydrogen-bond donors (Lipinski definition) is 1. The van der Waals surface area contributed by atoms with Gasteiger partial charge in [0.25, 0.3) is 0 Å². The number of thioether (sulfide) groups is 1. The highest BCUT2D eigenvalue weighted by atomic mass is 35.5. The molecule has 0 unspecified atom stereocenters. The highest BCUT2D eigenvalue weighted by Crippen LogP contribution is 2.28. The van der Waals surface area contributed by atoms with Crippen LogP contribution in [0.4, 0.5) is 5.69 Å². The number of amides is 1. The standard InChI is InChI=1S/C18H20ClN5O2S/c1-3-6-16-21-22-18(24(16)23-9-4-5-10-23)27-12-17(25)20-14-11-13(19)7-8-15(14)26-2/h4-5,7-11H,3,6,12H2,1-2H3,(H,20,25). The van der Waals surface area contributed by atoms with Crippen LogP contribution in [0.2, 0.25) is 5.02 Å². The van der Waals surface area contributed by atoms with Crippen molar-refractivity contribution in [1.82, 2.24) is 19.5 Å². The lowest BCUT2D eigenvalue weighted by molar-refractivity contribution is -0.113. The van der Waals surface area contributed by atoms with Crippen LogP contribution in [0.5, 0.6) is 5.75 Å². The van der Waals surface area contributed by atoms with Crippen LogP contribution in [-0.4, -0.2) is 38.3 Å². The zero-order valence-electron chi connectivity index (χ0n) is 15.1. The van der Waals surface area contributed by atoms with E-state index in [-0.39, 0.29) is 11.7 Å². The van der Waals surface area contributed by atoms with Crippen LogP contribution in [0.3, 0.4) is 0 Å². The molecule has 142 valence electrons. The van der Waals surface area contributed by atoms with Gasteiger partial charge in [-0.25, -0.2) is 4.68 Å². The topological polar surface area (TPSA) is 74.0 Å². The van der Waals surface area contributed by atoms with Crippen LogP contribution in [-0.2, 0) is 11.2 Å². The van der Waals surface area contributed by atoms with Gasteiger partial charge in [0, 0.05) is 23.8 Å². The number of hydrogen-bond acceptors (Lipinski definition) is 5. The molecule has 0 saturated carbocycles. The highest BCUT2D eigenvalue weighted by Gasteiger charge is 2.16. The molecule has 0 saturated heterocycles. The van der Waals surface area contributed by atoms with E-state index >= 15 is 0 Å². The Labute approximate surface area is 166 Å². The largest absolute Gasteiger partial charge is 0.495 e. The number of carbonyl (C=O) groups is 1. The summed E-state index contributed by atoms with van der Waals surface area (Å²) in [5.41, 5.74) is 0.536. The molecule has 0 fully saturated rings. The number of methoxy groups -OCH3 is 1. The first-order valence-electron chi connectivity index (χ1n) is 8.46. The zero-order chi connectivity index (χ0) is 19.2. The van der Waals surface area contributed by atoms with Crippen molar-refractivity contribution >= 4 is 35.0 Å².